The molecular formula is C49H58N8O9S. The van der Waals surface area contributed by atoms with Crippen LogP contribution in [0, 0.1) is 21.4 Å². The number of aromatic amines is 1. The number of rotatable bonds is 12. The van der Waals surface area contributed by atoms with E-state index in [2.05, 4.69) is 72.9 Å². The maximum Gasteiger partial charge on any atom is 0.300 e. The number of piperidine rings is 1. The molecule has 67 heavy (non-hydrogen) atoms. The number of morpholine rings is 1. The number of benzene rings is 2. The number of aromatic nitrogens is 3. The molecule has 0 radical (unpaired) electrons. The van der Waals surface area contributed by atoms with Gasteiger partial charge in [-0.25, -0.2) is 9.71 Å². The third-order valence-electron chi connectivity index (χ3n) is 14.8. The Balaban J connectivity index is 0.850. The van der Waals surface area contributed by atoms with Crippen molar-refractivity contribution < 1.29 is 37.5 Å². The number of carbonyl (C=O) groups excluding carboxylic acids is 1. The number of hydrogen-bond donors (Lipinski definition) is 4. The summed E-state index contributed by atoms with van der Waals surface area (Å²) >= 11 is 0. The maximum atomic E-state index is 14.1. The topological polar surface area (TPSA) is 214 Å². The molecule has 10 rings (SSSR count). The SMILES string of the molecule is CC(C)c1ccccc1[C@@H]1COCCN1C1CC2(CCN(c3ccc(C(=O)NS(=O)(=O)c4cc([N+](=O)[O-])c5c(n4)OC[C@@H](CC4CCC(O)CC4)N5)c(Oc4cnc5[nH]ccc5c4)c3)CC2)C1. The molecule has 0 unspecified atom stereocenters. The zero-order valence-corrected chi connectivity index (χ0v) is 38.7. The predicted octanol–water partition coefficient (Wildman–Crippen LogP) is 7.84. The highest BCUT2D eigenvalue weighted by atomic mass is 32.2. The van der Waals surface area contributed by atoms with E-state index in [0.29, 0.717) is 55.1 Å². The lowest BCUT2D eigenvalue weighted by atomic mass is 9.59. The Morgan fingerprint density at radius 2 is 1.84 bits per heavy atom. The third-order valence-corrected chi connectivity index (χ3v) is 16.0. The van der Waals surface area contributed by atoms with E-state index in [9.17, 15) is 28.4 Å². The number of hydrogen-bond acceptors (Lipinski definition) is 14. The lowest BCUT2D eigenvalue weighted by Crippen LogP contribution is -2.58. The number of aliphatic hydroxyl groups excluding tert-OH is 1. The number of amides is 1. The third kappa shape index (κ3) is 9.28. The average Bonchev–Trinajstić information content (AvgIpc) is 3.79. The Morgan fingerprint density at radius 1 is 1.04 bits per heavy atom. The van der Waals surface area contributed by atoms with E-state index >= 15 is 0 Å². The van der Waals surface area contributed by atoms with Gasteiger partial charge in [0, 0.05) is 49.0 Å². The van der Waals surface area contributed by atoms with Crippen LogP contribution in [0.15, 0.2) is 78.1 Å². The molecule has 2 saturated carbocycles. The highest BCUT2D eigenvalue weighted by Gasteiger charge is 2.50. The number of H-pyrrole nitrogens is 1. The summed E-state index contributed by atoms with van der Waals surface area (Å²) in [5.41, 5.74) is 3.85. The minimum Gasteiger partial charge on any atom is -0.474 e. The molecule has 17 nitrogen and oxygen atoms in total. The second kappa shape index (κ2) is 18.3. The molecule has 2 aromatic carbocycles. The summed E-state index contributed by atoms with van der Waals surface area (Å²) in [6.07, 6.45) is 11.0. The van der Waals surface area contributed by atoms with Crippen LogP contribution in [0.5, 0.6) is 17.4 Å². The summed E-state index contributed by atoms with van der Waals surface area (Å²) in [5, 5.41) is 25.5. The normalized spacial score (nSPS) is 23.3. The van der Waals surface area contributed by atoms with Crippen molar-refractivity contribution in [1.29, 1.82) is 0 Å². The highest BCUT2D eigenvalue weighted by Crippen LogP contribution is 2.53. The van der Waals surface area contributed by atoms with E-state index in [-0.39, 0.29) is 53.1 Å². The van der Waals surface area contributed by atoms with Crippen LogP contribution in [-0.4, -0.2) is 102 Å². The van der Waals surface area contributed by atoms with Crippen LogP contribution in [0.4, 0.5) is 17.1 Å². The minimum absolute atomic E-state index is 0.0172. The van der Waals surface area contributed by atoms with Crippen LogP contribution < -0.4 is 24.4 Å². The Morgan fingerprint density at radius 3 is 2.61 bits per heavy atom. The molecular weight excluding hydrogens is 877 g/mol. The van der Waals surface area contributed by atoms with E-state index in [1.165, 1.54) is 23.4 Å². The van der Waals surface area contributed by atoms with Gasteiger partial charge in [-0.2, -0.15) is 13.4 Å². The van der Waals surface area contributed by atoms with E-state index in [1.807, 2.05) is 6.07 Å². The van der Waals surface area contributed by atoms with Gasteiger partial charge in [0.05, 0.1) is 54.2 Å². The van der Waals surface area contributed by atoms with Gasteiger partial charge in [-0.05, 0) is 110 Å². The second-order valence-corrected chi connectivity index (χ2v) is 21.1. The van der Waals surface area contributed by atoms with Crippen molar-refractivity contribution in [2.45, 2.75) is 107 Å². The van der Waals surface area contributed by atoms with Gasteiger partial charge < -0.3 is 34.5 Å². The van der Waals surface area contributed by atoms with Crippen molar-refractivity contribution >= 4 is 44.0 Å². The van der Waals surface area contributed by atoms with Crippen molar-refractivity contribution in [3.63, 3.8) is 0 Å². The van der Waals surface area contributed by atoms with Crippen LogP contribution in [-0.2, 0) is 14.8 Å². The number of pyridine rings is 2. The van der Waals surface area contributed by atoms with Crippen LogP contribution in [0.25, 0.3) is 11.0 Å². The Kier molecular flexibility index (Phi) is 12.3. The van der Waals surface area contributed by atoms with Gasteiger partial charge in [-0.1, -0.05) is 38.1 Å². The molecule has 1 amide bonds. The molecule has 1 spiro atoms. The summed E-state index contributed by atoms with van der Waals surface area (Å²) in [6.45, 7) is 8.59. The Hall–Kier alpha value is -5.82. The molecule has 5 aliphatic rings. The van der Waals surface area contributed by atoms with Crippen molar-refractivity contribution in [1.82, 2.24) is 24.6 Å². The number of fused-ring (bicyclic) bond motifs is 2. The van der Waals surface area contributed by atoms with Crippen LogP contribution in [0.3, 0.4) is 0 Å². The van der Waals surface area contributed by atoms with Crippen molar-refractivity contribution in [3.05, 3.63) is 99.9 Å². The number of ether oxygens (including phenoxy) is 3. The fraction of sp³-hybridized carbons (Fsp3) is 0.490. The van der Waals surface area contributed by atoms with Crippen molar-refractivity contribution in [3.8, 4) is 17.4 Å². The molecule has 18 heteroatoms. The van der Waals surface area contributed by atoms with Gasteiger partial charge >= 0.3 is 5.69 Å². The lowest BCUT2D eigenvalue weighted by Gasteiger charge is -2.57. The summed E-state index contributed by atoms with van der Waals surface area (Å²) in [7, 11) is -4.77. The summed E-state index contributed by atoms with van der Waals surface area (Å²) < 4.78 is 48.1. The van der Waals surface area contributed by atoms with E-state index in [4.69, 9.17) is 14.2 Å². The number of nitro groups is 1. The first kappa shape index (κ1) is 45.0. The number of nitrogens with zero attached hydrogens (tertiary/aromatic N) is 5. The number of carbonyl (C=O) groups is 1. The predicted molar refractivity (Wildman–Crippen MR) is 251 cm³/mol. The summed E-state index contributed by atoms with van der Waals surface area (Å²) in [5.74, 6) is -0.0545. The van der Waals surface area contributed by atoms with Crippen molar-refractivity contribution in [2.24, 2.45) is 11.3 Å². The first-order chi connectivity index (χ1) is 32.3. The minimum atomic E-state index is -4.77. The highest BCUT2D eigenvalue weighted by molar-refractivity contribution is 7.90. The van der Waals surface area contributed by atoms with Gasteiger partial charge in [0.2, 0.25) is 5.88 Å². The fourth-order valence-electron chi connectivity index (χ4n) is 11.1. The van der Waals surface area contributed by atoms with E-state index in [0.717, 1.165) is 81.9 Å². The van der Waals surface area contributed by atoms with Crippen LogP contribution in [0.2, 0.25) is 0 Å². The van der Waals surface area contributed by atoms with Gasteiger partial charge in [0.15, 0.2) is 10.7 Å². The first-order valence-corrected chi connectivity index (χ1v) is 25.1. The molecule has 354 valence electrons. The standard InChI is InChI=1S/C49H58N8O9S/c1-30(2)38-5-3-4-6-39(38)42-29-64-20-19-56(42)35-25-49(26-35)14-17-55(18-15-49)34-9-12-40(43(23-34)66-37-22-32-13-16-50-46(32)51-27-37)47(59)54-67(62,63)44-24-41(57(60)61)45-48(53-44)65-28-33(52-45)21-31-7-10-36(58)11-8-31/h3-6,9,12-13,16,22-24,27,30-31,33,35-36,42,52,58H,7-8,10-11,14-15,17-21,25-26,28-29H2,1-2H3,(H,50,51)(H,54,59)/t31?,33-,36?,42+/m1/s1. The quantitative estimate of drug-likeness (QED) is 0.0693. The molecule has 4 N–H and O–H groups in total. The maximum absolute atomic E-state index is 14.1. The van der Waals surface area contributed by atoms with Gasteiger partial charge in [0.1, 0.15) is 23.8 Å². The largest absolute Gasteiger partial charge is 0.474 e. The molecule has 2 aliphatic carbocycles. The van der Waals surface area contributed by atoms with Crippen LogP contribution >= 0.6 is 0 Å². The smallest absolute Gasteiger partial charge is 0.300 e. The summed E-state index contributed by atoms with van der Waals surface area (Å²) in [4.78, 5) is 42.3. The van der Waals surface area contributed by atoms with Gasteiger partial charge in [-0.3, -0.25) is 19.8 Å². The van der Waals surface area contributed by atoms with Gasteiger partial charge in [-0.15, -0.1) is 0 Å². The molecule has 2 atom stereocenters. The molecule has 2 saturated heterocycles. The molecule has 0 bridgehead atoms. The molecule has 3 aliphatic heterocycles. The molecule has 4 fully saturated rings. The number of nitrogens with one attached hydrogen (secondary N) is 3. The second-order valence-electron chi connectivity index (χ2n) is 19.4. The first-order valence-electron chi connectivity index (χ1n) is 23.6. The Labute approximate surface area is 389 Å². The number of aliphatic hydroxyl groups is 1. The van der Waals surface area contributed by atoms with E-state index in [1.54, 1.807) is 24.4 Å². The zero-order chi connectivity index (χ0) is 46.5. The Bertz CT molecular complexity index is 2760. The van der Waals surface area contributed by atoms with Gasteiger partial charge in [0.25, 0.3) is 15.9 Å². The molecule has 5 aromatic rings. The molecule has 3 aromatic heterocycles. The summed E-state index contributed by atoms with van der Waals surface area (Å²) in [6, 6.07) is 18.8. The van der Waals surface area contributed by atoms with E-state index < -0.39 is 31.6 Å². The monoisotopic (exact) mass is 934 g/mol. The average molecular weight is 935 g/mol. The van der Waals surface area contributed by atoms with Crippen molar-refractivity contribution in [2.75, 3.05) is 49.7 Å². The number of sulfonamides is 1. The molecule has 6 heterocycles. The number of anilines is 2. The lowest BCUT2D eigenvalue weighted by molar-refractivity contribution is -0.384. The van der Waals surface area contributed by atoms with Crippen LogP contribution in [0.1, 0.15) is 105 Å². The fourth-order valence-corrected chi connectivity index (χ4v) is 12.1. The zero-order valence-electron chi connectivity index (χ0n) is 37.9.